The molecule has 15 heavy (non-hydrogen) atoms. The van der Waals surface area contributed by atoms with E-state index < -0.39 is 5.60 Å². The van der Waals surface area contributed by atoms with E-state index in [1.807, 2.05) is 12.1 Å². The van der Waals surface area contributed by atoms with Crippen molar-refractivity contribution in [2.75, 3.05) is 0 Å². The fraction of sp³-hybridized carbons (Fsp3) is 0.500. The first-order chi connectivity index (χ1) is 6.98. The van der Waals surface area contributed by atoms with Crippen molar-refractivity contribution in [2.24, 2.45) is 0 Å². The number of rotatable bonds is 3. The Morgan fingerprint density at radius 3 is 2.60 bits per heavy atom. The van der Waals surface area contributed by atoms with Crippen LogP contribution in [0.2, 0.25) is 0 Å². The smallest absolute Gasteiger partial charge is 0.176 e. The van der Waals surface area contributed by atoms with Crippen molar-refractivity contribution in [3.8, 4) is 12.1 Å². The molecule has 0 radical (unpaired) electrons. The van der Waals surface area contributed by atoms with E-state index in [1.54, 1.807) is 18.4 Å². The van der Waals surface area contributed by atoms with Crippen LogP contribution in [0.1, 0.15) is 31.7 Å². The van der Waals surface area contributed by atoms with Gasteiger partial charge in [0.1, 0.15) is 12.1 Å². The van der Waals surface area contributed by atoms with Gasteiger partial charge in [-0.25, -0.2) is 4.98 Å². The van der Waals surface area contributed by atoms with Crippen LogP contribution in [0.25, 0.3) is 0 Å². The third-order valence-electron chi connectivity index (χ3n) is 2.01. The minimum Gasteiger partial charge on any atom is -0.390 e. The zero-order valence-corrected chi connectivity index (χ0v) is 8.73. The topological polar surface area (TPSA) is 85.6 Å². The summed E-state index contributed by atoms with van der Waals surface area (Å²) in [7, 11) is 0. The van der Waals surface area contributed by atoms with Gasteiger partial charge in [-0.1, -0.05) is 0 Å². The van der Waals surface area contributed by atoms with Gasteiger partial charge in [-0.05, 0) is 20.3 Å². The Balaban J connectivity index is 2.85. The molecule has 0 aromatic carbocycles. The summed E-state index contributed by atoms with van der Waals surface area (Å²) in [5.74, 6) is 0. The zero-order chi connectivity index (χ0) is 11.5. The zero-order valence-electron chi connectivity index (χ0n) is 8.73. The van der Waals surface area contributed by atoms with Crippen molar-refractivity contribution in [1.82, 2.24) is 9.55 Å². The summed E-state index contributed by atoms with van der Waals surface area (Å²) in [6.07, 6.45) is 1.95. The molecule has 0 aliphatic rings. The maximum atomic E-state index is 9.52. The first-order valence-corrected chi connectivity index (χ1v) is 4.55. The van der Waals surface area contributed by atoms with Crippen LogP contribution in [0.4, 0.5) is 0 Å². The molecular formula is C10H12N4O. The summed E-state index contributed by atoms with van der Waals surface area (Å²) < 4.78 is 1.58. The molecule has 1 rings (SSSR count). The van der Waals surface area contributed by atoms with Crippen LogP contribution in [0, 0.1) is 22.7 Å². The summed E-state index contributed by atoms with van der Waals surface area (Å²) in [4.78, 5) is 3.80. The van der Waals surface area contributed by atoms with Gasteiger partial charge in [0.05, 0.1) is 11.9 Å². The molecule has 1 heterocycles. The first kappa shape index (κ1) is 11.2. The Bertz CT molecular complexity index is 428. The molecule has 78 valence electrons. The Hall–Kier alpha value is -1.85. The summed E-state index contributed by atoms with van der Waals surface area (Å²) in [5, 5.41) is 27.0. The van der Waals surface area contributed by atoms with Gasteiger partial charge in [0.2, 0.25) is 0 Å². The highest BCUT2D eigenvalue weighted by Gasteiger charge is 2.15. The lowest BCUT2D eigenvalue weighted by Gasteiger charge is -2.16. The van der Waals surface area contributed by atoms with Crippen LogP contribution in [-0.4, -0.2) is 20.3 Å². The van der Waals surface area contributed by atoms with Gasteiger partial charge in [-0.15, -0.1) is 0 Å². The fourth-order valence-corrected chi connectivity index (χ4v) is 1.14. The molecule has 0 saturated heterocycles. The molecule has 0 bridgehead atoms. The Kier molecular flexibility index (Phi) is 3.08. The summed E-state index contributed by atoms with van der Waals surface area (Å²) in [6, 6.07) is 3.77. The van der Waals surface area contributed by atoms with E-state index in [0.29, 0.717) is 13.0 Å². The predicted molar refractivity (Wildman–Crippen MR) is 52.6 cm³/mol. The van der Waals surface area contributed by atoms with E-state index in [9.17, 15) is 5.11 Å². The monoisotopic (exact) mass is 204 g/mol. The van der Waals surface area contributed by atoms with Crippen molar-refractivity contribution in [1.29, 1.82) is 10.5 Å². The highest BCUT2D eigenvalue weighted by atomic mass is 16.3. The molecule has 0 saturated carbocycles. The van der Waals surface area contributed by atoms with Gasteiger partial charge in [-0.3, -0.25) is 0 Å². The van der Waals surface area contributed by atoms with Crippen LogP contribution < -0.4 is 0 Å². The van der Waals surface area contributed by atoms with E-state index >= 15 is 0 Å². The molecule has 1 aromatic rings. The second-order valence-corrected chi connectivity index (χ2v) is 3.92. The molecular weight excluding hydrogens is 192 g/mol. The number of imidazole rings is 1. The van der Waals surface area contributed by atoms with Crippen molar-refractivity contribution in [3.63, 3.8) is 0 Å². The number of hydrogen-bond donors (Lipinski definition) is 1. The molecule has 5 nitrogen and oxygen atoms in total. The van der Waals surface area contributed by atoms with Crippen molar-refractivity contribution in [2.45, 2.75) is 32.4 Å². The summed E-state index contributed by atoms with van der Waals surface area (Å²) >= 11 is 0. The van der Waals surface area contributed by atoms with Gasteiger partial charge in [0.25, 0.3) is 0 Å². The standard InChI is InChI=1S/C10H12N4O/c1-10(2,15)3-4-14-7-13-8(5-11)9(14)6-12/h7,15H,3-4H2,1-2H3. The van der Waals surface area contributed by atoms with Gasteiger partial charge < -0.3 is 9.67 Å². The fourth-order valence-electron chi connectivity index (χ4n) is 1.14. The second kappa shape index (κ2) is 4.12. The SMILES string of the molecule is CC(C)(O)CCn1cnc(C#N)c1C#N. The summed E-state index contributed by atoms with van der Waals surface area (Å²) in [5.41, 5.74) is -0.404. The van der Waals surface area contributed by atoms with Crippen molar-refractivity contribution >= 4 is 0 Å². The number of aliphatic hydroxyl groups is 1. The minimum absolute atomic E-state index is 0.133. The second-order valence-electron chi connectivity index (χ2n) is 3.92. The lowest BCUT2D eigenvalue weighted by Crippen LogP contribution is -2.21. The first-order valence-electron chi connectivity index (χ1n) is 4.55. The molecule has 0 aliphatic carbocycles. The number of nitrogens with zero attached hydrogens (tertiary/aromatic N) is 4. The Morgan fingerprint density at radius 2 is 2.13 bits per heavy atom. The Morgan fingerprint density at radius 1 is 1.47 bits per heavy atom. The number of aromatic nitrogens is 2. The summed E-state index contributed by atoms with van der Waals surface area (Å²) in [6.45, 7) is 3.86. The van der Waals surface area contributed by atoms with Crippen LogP contribution in [0.3, 0.4) is 0 Å². The molecule has 0 fully saturated rings. The average molecular weight is 204 g/mol. The number of aryl methyl sites for hydroxylation is 1. The van der Waals surface area contributed by atoms with Gasteiger partial charge in [0, 0.05) is 6.54 Å². The van der Waals surface area contributed by atoms with Gasteiger partial charge in [-0.2, -0.15) is 10.5 Å². The molecule has 1 N–H and O–H groups in total. The predicted octanol–water partition coefficient (Wildman–Crippen LogP) is 0.787. The normalized spacial score (nSPS) is 10.7. The molecule has 0 amide bonds. The van der Waals surface area contributed by atoms with Gasteiger partial charge >= 0.3 is 0 Å². The average Bonchev–Trinajstić information content (AvgIpc) is 2.55. The Labute approximate surface area is 88.2 Å². The van der Waals surface area contributed by atoms with Crippen LogP contribution >= 0.6 is 0 Å². The van der Waals surface area contributed by atoms with E-state index in [2.05, 4.69) is 4.98 Å². The van der Waals surface area contributed by atoms with E-state index in [1.165, 1.54) is 6.33 Å². The van der Waals surface area contributed by atoms with Crippen LogP contribution in [-0.2, 0) is 6.54 Å². The van der Waals surface area contributed by atoms with E-state index in [-0.39, 0.29) is 11.4 Å². The number of nitriles is 2. The molecule has 0 aliphatic heterocycles. The lowest BCUT2D eigenvalue weighted by molar-refractivity contribution is 0.0661. The third kappa shape index (κ3) is 2.80. The molecule has 1 aromatic heterocycles. The van der Waals surface area contributed by atoms with E-state index in [4.69, 9.17) is 10.5 Å². The molecule has 5 heteroatoms. The maximum Gasteiger partial charge on any atom is 0.176 e. The van der Waals surface area contributed by atoms with Crippen molar-refractivity contribution in [3.05, 3.63) is 17.7 Å². The van der Waals surface area contributed by atoms with Gasteiger partial charge in [0.15, 0.2) is 11.4 Å². The van der Waals surface area contributed by atoms with Crippen LogP contribution in [0.5, 0.6) is 0 Å². The highest BCUT2D eigenvalue weighted by Crippen LogP contribution is 2.12. The lowest BCUT2D eigenvalue weighted by atomic mass is 10.1. The van der Waals surface area contributed by atoms with E-state index in [0.717, 1.165) is 0 Å². The molecule has 0 unspecified atom stereocenters. The molecule has 0 atom stereocenters. The third-order valence-corrected chi connectivity index (χ3v) is 2.01. The molecule has 0 spiro atoms. The van der Waals surface area contributed by atoms with Crippen molar-refractivity contribution < 1.29 is 5.11 Å². The highest BCUT2D eigenvalue weighted by molar-refractivity contribution is 5.35. The van der Waals surface area contributed by atoms with Crippen LogP contribution in [0.15, 0.2) is 6.33 Å². The maximum absolute atomic E-state index is 9.52. The largest absolute Gasteiger partial charge is 0.390 e. The minimum atomic E-state index is -0.788. The number of hydrogen-bond acceptors (Lipinski definition) is 4. The quantitative estimate of drug-likeness (QED) is 0.788.